The molecule has 0 aromatic rings. The van der Waals surface area contributed by atoms with Crippen LogP contribution in [0.3, 0.4) is 0 Å². The van der Waals surface area contributed by atoms with E-state index in [1.54, 1.807) is 0 Å². The molecule has 2 N–H and O–H groups in total. The Hall–Kier alpha value is -0.120. The first-order valence-electron chi connectivity index (χ1n) is 9.20. The number of hydrogen-bond donors (Lipinski definition) is 1. The zero-order chi connectivity index (χ0) is 14.3. The lowest BCUT2D eigenvalue weighted by molar-refractivity contribution is -0.157. The fourth-order valence-electron chi connectivity index (χ4n) is 5.34. The monoisotopic (exact) mass is 293 g/mol. The van der Waals surface area contributed by atoms with Gasteiger partial charge in [0.25, 0.3) is 0 Å². The summed E-state index contributed by atoms with van der Waals surface area (Å²) in [5.74, 6) is 2.62. The molecule has 4 rings (SSSR count). The molecule has 21 heavy (non-hydrogen) atoms. The van der Waals surface area contributed by atoms with E-state index in [9.17, 15) is 0 Å². The van der Waals surface area contributed by atoms with Crippen molar-refractivity contribution in [2.75, 3.05) is 19.8 Å². The molecule has 2 aliphatic heterocycles. The van der Waals surface area contributed by atoms with Crippen LogP contribution in [0.15, 0.2) is 0 Å². The van der Waals surface area contributed by atoms with Gasteiger partial charge in [-0.3, -0.25) is 0 Å². The van der Waals surface area contributed by atoms with E-state index >= 15 is 0 Å². The largest absolute Gasteiger partial charge is 0.381 e. The number of nitrogens with two attached hydrogens (primary N) is 1. The Bertz CT molecular complexity index is 370. The lowest BCUT2D eigenvalue weighted by Gasteiger charge is -2.51. The molecule has 3 nitrogen and oxygen atoms in total. The van der Waals surface area contributed by atoms with Gasteiger partial charge in [-0.15, -0.1) is 0 Å². The highest BCUT2D eigenvalue weighted by atomic mass is 16.5. The van der Waals surface area contributed by atoms with Crippen molar-refractivity contribution in [2.45, 2.75) is 75.3 Å². The van der Waals surface area contributed by atoms with Crippen LogP contribution in [-0.2, 0) is 9.47 Å². The minimum atomic E-state index is 0.0973. The van der Waals surface area contributed by atoms with Crippen molar-refractivity contribution in [2.24, 2.45) is 23.5 Å². The SMILES string of the molecule is NC1(C2CCOC3(CCOCC3)C2)CCCC(C2CC2)C1. The van der Waals surface area contributed by atoms with E-state index in [2.05, 4.69) is 0 Å². The predicted octanol–water partition coefficient (Wildman–Crippen LogP) is 3.26. The van der Waals surface area contributed by atoms with Crippen LogP contribution in [0, 0.1) is 17.8 Å². The van der Waals surface area contributed by atoms with Crippen LogP contribution in [0.2, 0.25) is 0 Å². The Morgan fingerprint density at radius 1 is 0.810 bits per heavy atom. The third-order valence-corrected chi connectivity index (χ3v) is 6.86. The van der Waals surface area contributed by atoms with Crippen LogP contribution in [-0.4, -0.2) is 31.0 Å². The maximum atomic E-state index is 6.99. The fourth-order valence-corrected chi connectivity index (χ4v) is 5.34. The van der Waals surface area contributed by atoms with Crippen LogP contribution in [0.4, 0.5) is 0 Å². The second kappa shape index (κ2) is 5.50. The molecule has 0 aromatic heterocycles. The van der Waals surface area contributed by atoms with Gasteiger partial charge in [0, 0.05) is 25.4 Å². The quantitative estimate of drug-likeness (QED) is 0.850. The van der Waals surface area contributed by atoms with Gasteiger partial charge >= 0.3 is 0 Å². The molecule has 0 aromatic carbocycles. The summed E-state index contributed by atoms with van der Waals surface area (Å²) < 4.78 is 11.8. The molecule has 3 heteroatoms. The molecule has 0 bridgehead atoms. The molecule has 120 valence electrons. The average molecular weight is 293 g/mol. The molecule has 2 saturated carbocycles. The van der Waals surface area contributed by atoms with Gasteiger partial charge in [0.2, 0.25) is 0 Å². The van der Waals surface area contributed by atoms with Gasteiger partial charge in [0.1, 0.15) is 0 Å². The van der Waals surface area contributed by atoms with Crippen LogP contribution in [0.1, 0.15) is 64.2 Å². The van der Waals surface area contributed by atoms with Crippen molar-refractivity contribution in [3.05, 3.63) is 0 Å². The first kappa shape index (κ1) is 14.5. The van der Waals surface area contributed by atoms with Crippen molar-refractivity contribution in [3.8, 4) is 0 Å². The fraction of sp³-hybridized carbons (Fsp3) is 1.00. The highest BCUT2D eigenvalue weighted by Crippen LogP contribution is 2.50. The van der Waals surface area contributed by atoms with Gasteiger partial charge < -0.3 is 15.2 Å². The van der Waals surface area contributed by atoms with E-state index in [0.717, 1.165) is 44.5 Å². The highest BCUT2D eigenvalue weighted by molar-refractivity contribution is 5.03. The van der Waals surface area contributed by atoms with Crippen molar-refractivity contribution in [1.29, 1.82) is 0 Å². The highest BCUT2D eigenvalue weighted by Gasteiger charge is 2.48. The third kappa shape index (κ3) is 2.89. The first-order valence-corrected chi connectivity index (χ1v) is 9.20. The molecule has 1 spiro atoms. The first-order chi connectivity index (χ1) is 10.2. The summed E-state index contributed by atoms with van der Waals surface area (Å²) in [6.07, 6.45) is 12.8. The van der Waals surface area contributed by atoms with Gasteiger partial charge in [0.05, 0.1) is 5.60 Å². The molecule has 3 unspecified atom stereocenters. The summed E-state index contributed by atoms with van der Waals surface area (Å²) in [6.45, 7) is 2.65. The Morgan fingerprint density at radius 3 is 2.38 bits per heavy atom. The summed E-state index contributed by atoms with van der Waals surface area (Å²) in [6, 6.07) is 0. The van der Waals surface area contributed by atoms with Gasteiger partial charge in [-0.25, -0.2) is 0 Å². The maximum absolute atomic E-state index is 6.99. The van der Waals surface area contributed by atoms with Crippen molar-refractivity contribution >= 4 is 0 Å². The Morgan fingerprint density at radius 2 is 1.62 bits per heavy atom. The molecule has 2 heterocycles. The zero-order valence-electron chi connectivity index (χ0n) is 13.3. The second-order valence-electron chi connectivity index (χ2n) is 8.26. The molecule has 3 atom stereocenters. The van der Waals surface area contributed by atoms with Crippen LogP contribution >= 0.6 is 0 Å². The van der Waals surface area contributed by atoms with Gasteiger partial charge in [-0.2, -0.15) is 0 Å². The Labute approximate surface area is 128 Å². The topological polar surface area (TPSA) is 44.5 Å². The normalized spacial score (nSPS) is 43.9. The molecular formula is C18H31NO2. The standard InChI is InChI=1S/C18H31NO2/c19-18(6-1-2-15(12-18)14-3-4-14)16-5-9-21-17(13-16)7-10-20-11-8-17/h14-16H,1-13,19H2. The molecule has 0 radical (unpaired) electrons. The van der Waals surface area contributed by atoms with Crippen LogP contribution < -0.4 is 5.73 Å². The molecule has 4 fully saturated rings. The number of ether oxygens (including phenoxy) is 2. The molecule has 4 aliphatic rings. The van der Waals surface area contributed by atoms with Crippen molar-refractivity contribution in [1.82, 2.24) is 0 Å². The van der Waals surface area contributed by atoms with E-state index in [-0.39, 0.29) is 11.1 Å². The summed E-state index contributed by atoms with van der Waals surface area (Å²) in [5.41, 5.74) is 7.19. The predicted molar refractivity (Wildman–Crippen MR) is 83.1 cm³/mol. The van der Waals surface area contributed by atoms with E-state index in [1.807, 2.05) is 0 Å². The summed E-state index contributed by atoms with van der Waals surface area (Å²) in [7, 11) is 0. The number of rotatable bonds is 2. The number of hydrogen-bond acceptors (Lipinski definition) is 3. The zero-order valence-corrected chi connectivity index (χ0v) is 13.3. The van der Waals surface area contributed by atoms with Gasteiger partial charge in [-0.1, -0.05) is 12.8 Å². The van der Waals surface area contributed by atoms with Crippen LogP contribution in [0.25, 0.3) is 0 Å². The Kier molecular flexibility index (Phi) is 3.79. The van der Waals surface area contributed by atoms with Crippen LogP contribution in [0.5, 0.6) is 0 Å². The third-order valence-electron chi connectivity index (χ3n) is 6.86. The lowest BCUT2D eigenvalue weighted by Crippen LogP contribution is -2.56. The van der Waals surface area contributed by atoms with E-state index in [4.69, 9.17) is 15.2 Å². The summed E-state index contributed by atoms with van der Waals surface area (Å²) in [5, 5.41) is 0. The van der Waals surface area contributed by atoms with E-state index in [1.165, 1.54) is 51.4 Å². The lowest BCUT2D eigenvalue weighted by atomic mass is 9.63. The van der Waals surface area contributed by atoms with E-state index in [0.29, 0.717) is 5.92 Å². The molecular weight excluding hydrogens is 262 g/mol. The van der Waals surface area contributed by atoms with Gasteiger partial charge in [-0.05, 0) is 69.1 Å². The van der Waals surface area contributed by atoms with Gasteiger partial charge in [0.15, 0.2) is 0 Å². The second-order valence-corrected chi connectivity index (χ2v) is 8.26. The van der Waals surface area contributed by atoms with E-state index < -0.39 is 0 Å². The smallest absolute Gasteiger partial charge is 0.0729 e. The van der Waals surface area contributed by atoms with Crippen molar-refractivity contribution in [3.63, 3.8) is 0 Å². The molecule has 2 aliphatic carbocycles. The summed E-state index contributed by atoms with van der Waals surface area (Å²) in [4.78, 5) is 0. The average Bonchev–Trinajstić information content (AvgIpc) is 3.33. The minimum absolute atomic E-state index is 0.0973. The molecule has 0 amide bonds. The minimum Gasteiger partial charge on any atom is -0.381 e. The Balaban J connectivity index is 1.46. The summed E-state index contributed by atoms with van der Waals surface area (Å²) >= 11 is 0. The van der Waals surface area contributed by atoms with Crippen molar-refractivity contribution < 1.29 is 9.47 Å². The maximum Gasteiger partial charge on any atom is 0.0729 e. The molecule has 2 saturated heterocycles.